The molecule has 2 aromatic rings. The van der Waals surface area contributed by atoms with E-state index in [2.05, 4.69) is 35.1 Å². The molecule has 2 aromatic carbocycles. The molecule has 0 atom stereocenters. The molecule has 0 bridgehead atoms. The molecule has 4 heteroatoms. The maximum atomic E-state index is 12.2. The van der Waals surface area contributed by atoms with Gasteiger partial charge in [0.05, 0.1) is 5.69 Å². The van der Waals surface area contributed by atoms with Crippen molar-refractivity contribution in [2.45, 2.75) is 19.8 Å². The van der Waals surface area contributed by atoms with E-state index < -0.39 is 0 Å². The molecule has 1 N–H and O–H groups in total. The minimum absolute atomic E-state index is 0.150. The van der Waals surface area contributed by atoms with Crippen LogP contribution in [0.25, 0.3) is 0 Å². The van der Waals surface area contributed by atoms with E-state index in [0.29, 0.717) is 22.2 Å². The zero-order valence-electron chi connectivity index (χ0n) is 11.3. The predicted octanol–water partition coefficient (Wildman–Crippen LogP) is 5.48. The minimum atomic E-state index is -0.150. The lowest BCUT2D eigenvalue weighted by atomic mass is 10.0. The van der Waals surface area contributed by atoms with Gasteiger partial charge in [-0.25, -0.2) is 0 Å². The molecular formula is C16H15BrClNO. The molecule has 0 heterocycles. The Morgan fingerprint density at radius 2 is 1.80 bits per heavy atom. The summed E-state index contributed by atoms with van der Waals surface area (Å²) >= 11 is 9.32. The normalized spacial score (nSPS) is 10.7. The highest BCUT2D eigenvalue weighted by Gasteiger charge is 2.09. The van der Waals surface area contributed by atoms with Crippen molar-refractivity contribution in [2.75, 3.05) is 5.32 Å². The standard InChI is InChI=1S/C16H15BrClNO/c1-10(2)11-3-5-12(6-4-11)16(20)19-15-9-13(18)7-8-14(15)17/h3-10H,1-2H3,(H,19,20). The van der Waals surface area contributed by atoms with E-state index in [1.807, 2.05) is 24.3 Å². The molecule has 0 aliphatic rings. The van der Waals surface area contributed by atoms with Gasteiger partial charge in [-0.3, -0.25) is 4.79 Å². The van der Waals surface area contributed by atoms with E-state index >= 15 is 0 Å². The van der Waals surface area contributed by atoms with E-state index in [1.54, 1.807) is 18.2 Å². The molecule has 0 spiro atoms. The average Bonchev–Trinajstić information content (AvgIpc) is 2.43. The van der Waals surface area contributed by atoms with Crippen LogP contribution in [0.1, 0.15) is 35.7 Å². The van der Waals surface area contributed by atoms with Crippen LogP contribution in [0.4, 0.5) is 5.69 Å². The largest absolute Gasteiger partial charge is 0.321 e. The highest BCUT2D eigenvalue weighted by Crippen LogP contribution is 2.26. The quantitative estimate of drug-likeness (QED) is 0.779. The van der Waals surface area contributed by atoms with E-state index in [4.69, 9.17) is 11.6 Å². The van der Waals surface area contributed by atoms with Gasteiger partial charge in [0.25, 0.3) is 5.91 Å². The van der Waals surface area contributed by atoms with Crippen molar-refractivity contribution >= 4 is 39.1 Å². The third-order valence-corrected chi connectivity index (χ3v) is 3.94. The molecule has 0 saturated carbocycles. The summed E-state index contributed by atoms with van der Waals surface area (Å²) < 4.78 is 0.800. The SMILES string of the molecule is CC(C)c1ccc(C(=O)Nc2cc(Cl)ccc2Br)cc1. The van der Waals surface area contributed by atoms with Crippen LogP contribution in [-0.4, -0.2) is 5.91 Å². The number of carbonyl (C=O) groups excluding carboxylic acids is 1. The third-order valence-electron chi connectivity index (χ3n) is 3.02. The fourth-order valence-electron chi connectivity index (χ4n) is 1.81. The number of hydrogen-bond donors (Lipinski definition) is 1. The summed E-state index contributed by atoms with van der Waals surface area (Å²) in [7, 11) is 0. The van der Waals surface area contributed by atoms with Crippen molar-refractivity contribution < 1.29 is 4.79 Å². The maximum Gasteiger partial charge on any atom is 0.255 e. The van der Waals surface area contributed by atoms with Crippen LogP contribution in [-0.2, 0) is 0 Å². The van der Waals surface area contributed by atoms with Crippen molar-refractivity contribution in [3.8, 4) is 0 Å². The lowest BCUT2D eigenvalue weighted by molar-refractivity contribution is 0.102. The Hall–Kier alpha value is -1.32. The van der Waals surface area contributed by atoms with Crippen molar-refractivity contribution in [3.05, 3.63) is 63.1 Å². The second kappa shape index (κ2) is 6.42. The van der Waals surface area contributed by atoms with Gasteiger partial charge in [-0.05, 0) is 57.7 Å². The zero-order valence-corrected chi connectivity index (χ0v) is 13.6. The molecule has 0 saturated heterocycles. The van der Waals surface area contributed by atoms with Gasteiger partial charge in [-0.15, -0.1) is 0 Å². The highest BCUT2D eigenvalue weighted by atomic mass is 79.9. The van der Waals surface area contributed by atoms with E-state index in [9.17, 15) is 4.79 Å². The number of halogens is 2. The molecule has 104 valence electrons. The Kier molecular flexibility index (Phi) is 4.84. The molecule has 1 amide bonds. The predicted molar refractivity (Wildman–Crippen MR) is 87.6 cm³/mol. The third kappa shape index (κ3) is 3.62. The molecule has 20 heavy (non-hydrogen) atoms. The van der Waals surface area contributed by atoms with Gasteiger partial charge < -0.3 is 5.32 Å². The van der Waals surface area contributed by atoms with Gasteiger partial charge in [-0.2, -0.15) is 0 Å². The number of hydrogen-bond acceptors (Lipinski definition) is 1. The summed E-state index contributed by atoms with van der Waals surface area (Å²) in [6.07, 6.45) is 0. The second-order valence-corrected chi connectivity index (χ2v) is 6.15. The van der Waals surface area contributed by atoms with Gasteiger partial charge >= 0.3 is 0 Å². The number of rotatable bonds is 3. The summed E-state index contributed by atoms with van der Waals surface area (Å²) in [5, 5.41) is 3.43. The number of benzene rings is 2. The fraction of sp³-hybridized carbons (Fsp3) is 0.188. The molecule has 0 radical (unpaired) electrons. The van der Waals surface area contributed by atoms with Crippen molar-refractivity contribution in [2.24, 2.45) is 0 Å². The summed E-state index contributed by atoms with van der Waals surface area (Å²) in [5.41, 5.74) is 2.50. The minimum Gasteiger partial charge on any atom is -0.321 e. The van der Waals surface area contributed by atoms with Crippen LogP contribution >= 0.6 is 27.5 Å². The number of carbonyl (C=O) groups is 1. The second-order valence-electron chi connectivity index (χ2n) is 4.86. The van der Waals surface area contributed by atoms with Gasteiger partial charge in [0.2, 0.25) is 0 Å². The molecule has 0 fully saturated rings. The average molecular weight is 353 g/mol. The Morgan fingerprint density at radius 1 is 1.15 bits per heavy atom. The van der Waals surface area contributed by atoms with Gasteiger partial charge in [0.1, 0.15) is 0 Å². The van der Waals surface area contributed by atoms with Gasteiger partial charge in [-0.1, -0.05) is 37.6 Å². The van der Waals surface area contributed by atoms with E-state index in [0.717, 1.165) is 4.47 Å². The Labute approximate surface area is 132 Å². The molecule has 0 aliphatic carbocycles. The monoisotopic (exact) mass is 351 g/mol. The van der Waals surface area contributed by atoms with Gasteiger partial charge in [0.15, 0.2) is 0 Å². The molecular weight excluding hydrogens is 338 g/mol. The smallest absolute Gasteiger partial charge is 0.255 e. The molecule has 0 aromatic heterocycles. The number of anilines is 1. The Balaban J connectivity index is 2.17. The van der Waals surface area contributed by atoms with Crippen LogP contribution in [0, 0.1) is 0 Å². The van der Waals surface area contributed by atoms with E-state index in [-0.39, 0.29) is 5.91 Å². The van der Waals surface area contributed by atoms with Crippen molar-refractivity contribution in [1.82, 2.24) is 0 Å². The molecule has 2 rings (SSSR count). The first kappa shape index (κ1) is 15.1. The van der Waals surface area contributed by atoms with Crippen LogP contribution in [0.2, 0.25) is 5.02 Å². The van der Waals surface area contributed by atoms with E-state index in [1.165, 1.54) is 5.56 Å². The van der Waals surface area contributed by atoms with Crippen LogP contribution in [0.5, 0.6) is 0 Å². The Bertz CT molecular complexity index is 623. The summed E-state index contributed by atoms with van der Waals surface area (Å²) in [5.74, 6) is 0.303. The van der Waals surface area contributed by atoms with Crippen molar-refractivity contribution in [1.29, 1.82) is 0 Å². The first-order valence-corrected chi connectivity index (χ1v) is 7.51. The lowest BCUT2D eigenvalue weighted by Gasteiger charge is -2.09. The van der Waals surface area contributed by atoms with Crippen molar-refractivity contribution in [3.63, 3.8) is 0 Å². The van der Waals surface area contributed by atoms with Crippen LogP contribution in [0.3, 0.4) is 0 Å². The van der Waals surface area contributed by atoms with Gasteiger partial charge in [0, 0.05) is 15.1 Å². The Morgan fingerprint density at radius 3 is 2.40 bits per heavy atom. The number of nitrogens with one attached hydrogen (secondary N) is 1. The van der Waals surface area contributed by atoms with Crippen LogP contribution < -0.4 is 5.32 Å². The first-order chi connectivity index (χ1) is 9.47. The highest BCUT2D eigenvalue weighted by molar-refractivity contribution is 9.10. The fourth-order valence-corrected chi connectivity index (χ4v) is 2.33. The summed E-state index contributed by atoms with van der Waals surface area (Å²) in [4.78, 5) is 12.2. The molecule has 2 nitrogen and oxygen atoms in total. The van der Waals surface area contributed by atoms with Crippen LogP contribution in [0.15, 0.2) is 46.9 Å². The summed E-state index contributed by atoms with van der Waals surface area (Å²) in [6.45, 7) is 4.25. The number of amides is 1. The zero-order chi connectivity index (χ0) is 14.7. The topological polar surface area (TPSA) is 29.1 Å². The molecule has 0 aliphatic heterocycles. The molecule has 0 unspecified atom stereocenters. The lowest BCUT2D eigenvalue weighted by Crippen LogP contribution is -2.12. The maximum absolute atomic E-state index is 12.2. The summed E-state index contributed by atoms with van der Waals surface area (Å²) in [6, 6.07) is 12.9. The first-order valence-electron chi connectivity index (χ1n) is 6.33.